The van der Waals surface area contributed by atoms with Gasteiger partial charge in [-0.25, -0.2) is 0 Å². The number of nitrogens with zero attached hydrogens (tertiary/aromatic N) is 1. The van der Waals surface area contributed by atoms with Gasteiger partial charge in [0.25, 0.3) is 5.91 Å². The van der Waals surface area contributed by atoms with Gasteiger partial charge in [-0.2, -0.15) is 5.10 Å². The summed E-state index contributed by atoms with van der Waals surface area (Å²) in [5.41, 5.74) is 8.38. The maximum Gasteiger partial charge on any atom is 0.272 e. The Kier molecular flexibility index (Phi) is 5.06. The van der Waals surface area contributed by atoms with Crippen molar-refractivity contribution in [3.63, 3.8) is 0 Å². The van der Waals surface area contributed by atoms with E-state index in [0.29, 0.717) is 18.2 Å². The van der Waals surface area contributed by atoms with E-state index < -0.39 is 0 Å². The molecular formula is C19H21ClN4O. The number of aromatic nitrogens is 2. The Labute approximate surface area is 152 Å². The Morgan fingerprint density at radius 3 is 2.68 bits per heavy atom. The molecular weight excluding hydrogens is 336 g/mol. The zero-order valence-electron chi connectivity index (χ0n) is 13.7. The summed E-state index contributed by atoms with van der Waals surface area (Å²) in [5.74, 6) is 0.353. The zero-order valence-corrected chi connectivity index (χ0v) is 14.6. The Bertz CT molecular complexity index is 888. The highest BCUT2D eigenvalue weighted by Crippen LogP contribution is 2.39. The van der Waals surface area contributed by atoms with Gasteiger partial charge in [-0.05, 0) is 41.3 Å². The monoisotopic (exact) mass is 356 g/mol. The average molecular weight is 357 g/mol. The van der Waals surface area contributed by atoms with Crippen LogP contribution in [0.1, 0.15) is 46.5 Å². The second-order valence-electron chi connectivity index (χ2n) is 6.35. The van der Waals surface area contributed by atoms with Crippen molar-refractivity contribution in [1.29, 1.82) is 0 Å². The molecule has 1 fully saturated rings. The van der Waals surface area contributed by atoms with Crippen LogP contribution in [0.15, 0.2) is 48.5 Å². The first-order chi connectivity index (χ1) is 11.7. The summed E-state index contributed by atoms with van der Waals surface area (Å²) in [6.45, 7) is 0.337. The first-order valence-corrected chi connectivity index (χ1v) is 8.29. The van der Waals surface area contributed by atoms with Gasteiger partial charge in [0.05, 0.1) is 6.04 Å². The van der Waals surface area contributed by atoms with Crippen LogP contribution in [0.4, 0.5) is 0 Å². The van der Waals surface area contributed by atoms with Crippen LogP contribution in [0.25, 0.3) is 10.8 Å². The fraction of sp³-hybridized carbons (Fsp3) is 0.263. The first-order valence-electron chi connectivity index (χ1n) is 8.29. The second-order valence-corrected chi connectivity index (χ2v) is 6.35. The number of fused-ring (bicyclic) bond motifs is 1. The number of H-pyrrole nitrogens is 1. The molecule has 1 heterocycles. The fourth-order valence-corrected chi connectivity index (χ4v) is 2.99. The normalized spacial score (nSPS) is 14.8. The van der Waals surface area contributed by atoms with Crippen molar-refractivity contribution < 1.29 is 4.79 Å². The Hall–Kier alpha value is -2.37. The van der Waals surface area contributed by atoms with Crippen molar-refractivity contribution in [3.8, 4) is 0 Å². The summed E-state index contributed by atoms with van der Waals surface area (Å²) in [6, 6.07) is 15.9. The van der Waals surface area contributed by atoms with Gasteiger partial charge in [0.15, 0.2) is 0 Å². The fourth-order valence-electron chi connectivity index (χ4n) is 2.99. The van der Waals surface area contributed by atoms with E-state index in [-0.39, 0.29) is 24.4 Å². The quantitative estimate of drug-likeness (QED) is 0.655. The Morgan fingerprint density at radius 1 is 1.20 bits per heavy atom. The maximum absolute atomic E-state index is 12.5. The third kappa shape index (κ3) is 3.67. The lowest BCUT2D eigenvalue weighted by atomic mass is 10.0. The second kappa shape index (κ2) is 7.25. The molecule has 130 valence electrons. The van der Waals surface area contributed by atoms with E-state index in [4.69, 9.17) is 5.73 Å². The van der Waals surface area contributed by atoms with Crippen LogP contribution < -0.4 is 11.1 Å². The number of carbonyl (C=O) groups is 1. The van der Waals surface area contributed by atoms with Gasteiger partial charge in [0, 0.05) is 18.2 Å². The molecule has 0 aliphatic heterocycles. The number of nitrogens with one attached hydrogen (secondary N) is 2. The standard InChI is InChI=1S/C19H20N4O.ClH/c20-11-18(15-8-5-12-3-1-2-4-14(12)9-15)21-19(24)17-10-16(22-23-17)13-6-7-13;/h1-5,8-10,13,18H,6-7,11,20H2,(H,21,24)(H,22,23);1H. The minimum atomic E-state index is -0.233. The highest BCUT2D eigenvalue weighted by atomic mass is 35.5. The first kappa shape index (κ1) is 17.5. The van der Waals surface area contributed by atoms with Crippen LogP contribution in [-0.2, 0) is 0 Å². The number of hydrogen-bond donors (Lipinski definition) is 3. The molecule has 4 N–H and O–H groups in total. The molecule has 1 unspecified atom stereocenters. The van der Waals surface area contributed by atoms with Crippen LogP contribution in [-0.4, -0.2) is 22.6 Å². The van der Waals surface area contributed by atoms with Gasteiger partial charge < -0.3 is 11.1 Å². The predicted octanol–water partition coefficient (Wildman–Crippen LogP) is 3.29. The van der Waals surface area contributed by atoms with Crippen LogP contribution >= 0.6 is 12.4 Å². The van der Waals surface area contributed by atoms with Gasteiger partial charge in [-0.3, -0.25) is 9.89 Å². The lowest BCUT2D eigenvalue weighted by Crippen LogP contribution is -2.33. The molecule has 5 nitrogen and oxygen atoms in total. The zero-order chi connectivity index (χ0) is 16.5. The van der Waals surface area contributed by atoms with Crippen molar-refractivity contribution in [2.45, 2.75) is 24.8 Å². The molecule has 1 aliphatic carbocycles. The molecule has 1 aliphatic rings. The maximum atomic E-state index is 12.5. The molecule has 2 aromatic carbocycles. The van der Waals surface area contributed by atoms with Crippen molar-refractivity contribution in [1.82, 2.24) is 15.5 Å². The predicted molar refractivity (Wildman–Crippen MR) is 101 cm³/mol. The number of amides is 1. The van der Waals surface area contributed by atoms with E-state index in [1.807, 2.05) is 24.3 Å². The number of rotatable bonds is 5. The molecule has 0 bridgehead atoms. The minimum absolute atomic E-state index is 0. The number of hydrogen-bond acceptors (Lipinski definition) is 3. The largest absolute Gasteiger partial charge is 0.343 e. The van der Waals surface area contributed by atoms with Crippen LogP contribution in [0.5, 0.6) is 0 Å². The molecule has 1 saturated carbocycles. The number of nitrogens with two attached hydrogens (primary N) is 1. The number of carbonyl (C=O) groups excluding carboxylic acids is 1. The van der Waals surface area contributed by atoms with E-state index in [2.05, 4.69) is 39.8 Å². The smallest absolute Gasteiger partial charge is 0.272 e. The molecule has 1 atom stereocenters. The van der Waals surface area contributed by atoms with Crippen molar-refractivity contribution >= 4 is 29.1 Å². The lowest BCUT2D eigenvalue weighted by molar-refractivity contribution is 0.0933. The summed E-state index contributed by atoms with van der Waals surface area (Å²) in [4.78, 5) is 12.5. The molecule has 6 heteroatoms. The van der Waals surface area contributed by atoms with Gasteiger partial charge >= 0.3 is 0 Å². The highest BCUT2D eigenvalue weighted by Gasteiger charge is 2.27. The molecule has 1 amide bonds. The number of aromatic amines is 1. The molecule has 3 aromatic rings. The van der Waals surface area contributed by atoms with Crippen molar-refractivity contribution in [2.24, 2.45) is 5.73 Å². The van der Waals surface area contributed by atoms with E-state index in [1.165, 1.54) is 18.2 Å². The van der Waals surface area contributed by atoms with E-state index >= 15 is 0 Å². The summed E-state index contributed by atoms with van der Waals surface area (Å²) in [6.07, 6.45) is 2.34. The van der Waals surface area contributed by atoms with Crippen molar-refractivity contribution in [2.75, 3.05) is 6.54 Å². The highest BCUT2D eigenvalue weighted by molar-refractivity contribution is 5.93. The van der Waals surface area contributed by atoms with Crippen LogP contribution in [0, 0.1) is 0 Å². The molecule has 0 spiro atoms. The third-order valence-electron chi connectivity index (χ3n) is 4.56. The van der Waals surface area contributed by atoms with Gasteiger partial charge in [0.1, 0.15) is 5.69 Å². The van der Waals surface area contributed by atoms with E-state index in [9.17, 15) is 4.79 Å². The topological polar surface area (TPSA) is 83.8 Å². The minimum Gasteiger partial charge on any atom is -0.343 e. The summed E-state index contributed by atoms with van der Waals surface area (Å²) < 4.78 is 0. The summed E-state index contributed by atoms with van der Waals surface area (Å²) in [5, 5.41) is 12.4. The van der Waals surface area contributed by atoms with Gasteiger partial charge in [0.2, 0.25) is 0 Å². The number of benzene rings is 2. The van der Waals surface area contributed by atoms with Crippen molar-refractivity contribution in [3.05, 3.63) is 65.5 Å². The molecule has 0 saturated heterocycles. The summed E-state index contributed by atoms with van der Waals surface area (Å²) >= 11 is 0. The SMILES string of the molecule is Cl.NCC(NC(=O)c1cc(C2CC2)[nH]n1)c1ccc2ccccc2c1. The molecule has 4 rings (SSSR count). The molecule has 0 radical (unpaired) electrons. The van der Waals surface area contributed by atoms with Crippen LogP contribution in [0.2, 0.25) is 0 Å². The Balaban J connectivity index is 0.00000182. The van der Waals surface area contributed by atoms with Crippen LogP contribution in [0.3, 0.4) is 0 Å². The van der Waals surface area contributed by atoms with Gasteiger partial charge in [-0.15, -0.1) is 12.4 Å². The van der Waals surface area contributed by atoms with Gasteiger partial charge in [-0.1, -0.05) is 36.4 Å². The molecule has 1 aromatic heterocycles. The Morgan fingerprint density at radius 2 is 1.96 bits per heavy atom. The third-order valence-corrected chi connectivity index (χ3v) is 4.56. The average Bonchev–Trinajstić information content (AvgIpc) is 3.36. The van der Waals surface area contributed by atoms with E-state index in [1.54, 1.807) is 0 Å². The lowest BCUT2D eigenvalue weighted by Gasteiger charge is -2.17. The molecule has 25 heavy (non-hydrogen) atoms. The number of halogens is 1. The summed E-state index contributed by atoms with van der Waals surface area (Å²) in [7, 11) is 0. The van der Waals surface area contributed by atoms with E-state index in [0.717, 1.165) is 16.6 Å².